The van der Waals surface area contributed by atoms with Crippen LogP contribution >= 0.6 is 0 Å². The van der Waals surface area contributed by atoms with E-state index in [2.05, 4.69) is 13.8 Å². The van der Waals surface area contributed by atoms with Crippen LogP contribution in [0.4, 0.5) is 0 Å². The Labute approximate surface area is 151 Å². The van der Waals surface area contributed by atoms with Crippen LogP contribution in [0.25, 0.3) is 0 Å². The van der Waals surface area contributed by atoms with E-state index in [9.17, 15) is 9.59 Å². The molecule has 4 heteroatoms. The fraction of sp³-hybridized carbons (Fsp3) is 0.810. The zero-order valence-corrected chi connectivity index (χ0v) is 16.0. The minimum absolute atomic E-state index is 0.0529. The molecule has 0 aromatic heterocycles. The number of methoxy groups -OCH3 is 1. The largest absolute Gasteiger partial charge is 0.466 e. The summed E-state index contributed by atoms with van der Waals surface area (Å²) >= 11 is 0. The van der Waals surface area contributed by atoms with Crippen LogP contribution in [0.1, 0.15) is 58.8 Å². The molecule has 0 bridgehead atoms. The van der Waals surface area contributed by atoms with Gasteiger partial charge in [0.05, 0.1) is 12.7 Å². The molecule has 0 unspecified atom stereocenters. The molecular formula is C21H31NO3. The summed E-state index contributed by atoms with van der Waals surface area (Å²) in [6, 6.07) is 0.117. The highest BCUT2D eigenvalue weighted by atomic mass is 16.5. The molecule has 138 valence electrons. The average molecular weight is 345 g/mol. The third kappa shape index (κ3) is 2.18. The summed E-state index contributed by atoms with van der Waals surface area (Å²) in [6.45, 7) is 4.72. The maximum Gasteiger partial charge on any atom is 0.334 e. The molecule has 25 heavy (non-hydrogen) atoms. The monoisotopic (exact) mass is 345 g/mol. The second-order valence-corrected chi connectivity index (χ2v) is 9.34. The maximum atomic E-state index is 12.6. The van der Waals surface area contributed by atoms with Crippen molar-refractivity contribution >= 4 is 11.9 Å². The van der Waals surface area contributed by atoms with Crippen LogP contribution in [0.5, 0.6) is 0 Å². The molecule has 4 aliphatic rings. The van der Waals surface area contributed by atoms with E-state index < -0.39 is 0 Å². The number of rotatable bonds is 1. The summed E-state index contributed by atoms with van der Waals surface area (Å²) in [7, 11) is 3.33. The number of ether oxygens (including phenoxy) is 1. The molecule has 0 aromatic rings. The summed E-state index contributed by atoms with van der Waals surface area (Å²) in [4.78, 5) is 26.9. The molecule has 6 atom stereocenters. The highest BCUT2D eigenvalue weighted by Crippen LogP contribution is 2.65. The van der Waals surface area contributed by atoms with Crippen LogP contribution in [0.3, 0.4) is 0 Å². The lowest BCUT2D eigenvalue weighted by atomic mass is 9.47. The molecule has 0 aromatic carbocycles. The van der Waals surface area contributed by atoms with E-state index in [0.717, 1.165) is 12.3 Å². The normalized spacial score (nSPS) is 46.0. The molecule has 1 heterocycles. The summed E-state index contributed by atoms with van der Waals surface area (Å²) in [5, 5.41) is 0. The zero-order valence-electron chi connectivity index (χ0n) is 16.0. The Hall–Kier alpha value is -1.32. The number of hydrogen-bond donors (Lipinski definition) is 0. The smallest absolute Gasteiger partial charge is 0.334 e. The van der Waals surface area contributed by atoms with Crippen molar-refractivity contribution in [3.63, 3.8) is 0 Å². The van der Waals surface area contributed by atoms with Crippen LogP contribution < -0.4 is 0 Å². The molecule has 4 nitrogen and oxygen atoms in total. The van der Waals surface area contributed by atoms with Crippen molar-refractivity contribution in [2.45, 2.75) is 64.8 Å². The second-order valence-electron chi connectivity index (χ2n) is 9.34. The molecule has 4 rings (SSSR count). The van der Waals surface area contributed by atoms with Crippen molar-refractivity contribution < 1.29 is 14.3 Å². The lowest BCUT2D eigenvalue weighted by Gasteiger charge is -2.60. The molecule has 3 fully saturated rings. The van der Waals surface area contributed by atoms with E-state index in [1.54, 1.807) is 6.08 Å². The minimum Gasteiger partial charge on any atom is -0.466 e. The SMILES string of the molecule is COC(=O)C1=CC(=O)N(C)[C@@H]2CC[C@H]3[C@@H]4CCC[C@@]4(C)CC[C@@H]3[C@@]12C. The summed E-state index contributed by atoms with van der Waals surface area (Å²) in [5.41, 5.74) is 0.845. The average Bonchev–Trinajstić information content (AvgIpc) is 2.99. The Morgan fingerprint density at radius 1 is 1.16 bits per heavy atom. The van der Waals surface area contributed by atoms with Crippen molar-refractivity contribution in [3.8, 4) is 0 Å². The number of amides is 1. The molecule has 1 aliphatic heterocycles. The van der Waals surface area contributed by atoms with E-state index >= 15 is 0 Å². The van der Waals surface area contributed by atoms with Gasteiger partial charge < -0.3 is 9.64 Å². The van der Waals surface area contributed by atoms with Gasteiger partial charge in [0, 0.05) is 24.6 Å². The van der Waals surface area contributed by atoms with Crippen LogP contribution in [0.15, 0.2) is 11.6 Å². The predicted molar refractivity (Wildman–Crippen MR) is 95.7 cm³/mol. The molecule has 0 radical (unpaired) electrons. The quantitative estimate of drug-likeness (QED) is 0.683. The lowest BCUT2D eigenvalue weighted by molar-refractivity contribution is -0.149. The first-order valence-electron chi connectivity index (χ1n) is 9.90. The highest BCUT2D eigenvalue weighted by molar-refractivity contribution is 6.01. The van der Waals surface area contributed by atoms with E-state index in [4.69, 9.17) is 4.74 Å². The van der Waals surface area contributed by atoms with E-state index in [0.29, 0.717) is 22.8 Å². The van der Waals surface area contributed by atoms with Crippen LogP contribution in [-0.2, 0) is 14.3 Å². The first-order valence-corrected chi connectivity index (χ1v) is 9.90. The van der Waals surface area contributed by atoms with Crippen molar-refractivity contribution in [3.05, 3.63) is 11.6 Å². The molecule has 1 amide bonds. The van der Waals surface area contributed by atoms with E-state index in [1.165, 1.54) is 45.6 Å². The summed E-state index contributed by atoms with van der Waals surface area (Å²) in [5.74, 6) is 1.57. The maximum absolute atomic E-state index is 12.6. The van der Waals surface area contributed by atoms with Crippen LogP contribution in [0.2, 0.25) is 0 Å². The molecule has 0 spiro atoms. The number of carbonyl (C=O) groups excluding carboxylic acids is 2. The molecule has 0 saturated heterocycles. The van der Waals surface area contributed by atoms with E-state index in [-0.39, 0.29) is 23.3 Å². The van der Waals surface area contributed by atoms with Crippen molar-refractivity contribution in [1.29, 1.82) is 0 Å². The van der Waals surface area contributed by atoms with Gasteiger partial charge in [-0.1, -0.05) is 20.3 Å². The Kier molecular flexibility index (Phi) is 3.82. The zero-order chi connectivity index (χ0) is 18.0. The predicted octanol–water partition coefficient (Wildman–Crippen LogP) is 3.56. The number of esters is 1. The van der Waals surface area contributed by atoms with E-state index in [1.807, 2.05) is 11.9 Å². The number of likely N-dealkylation sites (N-methyl/N-ethyl adjacent to an activating group) is 1. The second kappa shape index (κ2) is 5.59. The van der Waals surface area contributed by atoms with Gasteiger partial charge in [-0.2, -0.15) is 0 Å². The molecule has 3 saturated carbocycles. The number of fused-ring (bicyclic) bond motifs is 5. The molecular weight excluding hydrogens is 314 g/mol. The Bertz CT molecular complexity index is 641. The van der Waals surface area contributed by atoms with Gasteiger partial charge in [-0.05, 0) is 61.7 Å². The number of hydrogen-bond acceptors (Lipinski definition) is 3. The van der Waals surface area contributed by atoms with Gasteiger partial charge >= 0.3 is 5.97 Å². The Morgan fingerprint density at radius 3 is 2.64 bits per heavy atom. The standard InChI is InChI=1S/C21H31NO3/c1-20-10-5-6-14(20)13-7-8-17-21(2,15(13)9-11-20)16(19(24)25-4)12-18(23)22(17)3/h12-15,17H,5-11H2,1-4H3/t13-,14-,15-,17+,20-,21-/m0/s1. The first-order chi connectivity index (χ1) is 11.8. The lowest BCUT2D eigenvalue weighted by Crippen LogP contribution is -2.61. The highest BCUT2D eigenvalue weighted by Gasteiger charge is 2.61. The Morgan fingerprint density at radius 2 is 1.92 bits per heavy atom. The van der Waals surface area contributed by atoms with Crippen LogP contribution in [0, 0.1) is 28.6 Å². The van der Waals surface area contributed by atoms with Gasteiger partial charge in [-0.25, -0.2) is 4.79 Å². The van der Waals surface area contributed by atoms with Gasteiger partial charge in [0.1, 0.15) is 0 Å². The first kappa shape index (κ1) is 17.1. The minimum atomic E-state index is -0.311. The fourth-order valence-electron chi connectivity index (χ4n) is 7.22. The number of nitrogens with zero attached hydrogens (tertiary/aromatic N) is 1. The topological polar surface area (TPSA) is 46.6 Å². The van der Waals surface area contributed by atoms with Gasteiger partial charge in [0.2, 0.25) is 5.91 Å². The third-order valence-electron chi connectivity index (χ3n) is 8.52. The van der Waals surface area contributed by atoms with Crippen molar-refractivity contribution in [1.82, 2.24) is 4.90 Å². The number of carbonyl (C=O) groups is 2. The molecule has 0 N–H and O–H groups in total. The summed E-state index contributed by atoms with van der Waals surface area (Å²) < 4.78 is 5.10. The summed E-state index contributed by atoms with van der Waals surface area (Å²) in [6.07, 6.45) is 10.2. The molecule has 3 aliphatic carbocycles. The van der Waals surface area contributed by atoms with Gasteiger partial charge in [-0.15, -0.1) is 0 Å². The third-order valence-corrected chi connectivity index (χ3v) is 8.52. The van der Waals surface area contributed by atoms with Crippen molar-refractivity contribution in [2.75, 3.05) is 14.2 Å². The fourth-order valence-corrected chi connectivity index (χ4v) is 7.22. The van der Waals surface area contributed by atoms with Gasteiger partial charge in [-0.3, -0.25) is 4.79 Å². The van der Waals surface area contributed by atoms with Gasteiger partial charge in [0.25, 0.3) is 0 Å². The van der Waals surface area contributed by atoms with Gasteiger partial charge in [0.15, 0.2) is 0 Å². The van der Waals surface area contributed by atoms with Crippen molar-refractivity contribution in [2.24, 2.45) is 28.6 Å². The Balaban J connectivity index is 1.78. The van der Waals surface area contributed by atoms with Crippen LogP contribution in [-0.4, -0.2) is 37.0 Å².